The third kappa shape index (κ3) is 1.21. The van der Waals surface area contributed by atoms with Crippen molar-refractivity contribution in [2.75, 3.05) is 0 Å². The summed E-state index contributed by atoms with van der Waals surface area (Å²) in [5.41, 5.74) is 2.47. The molecule has 0 saturated carbocycles. The fourth-order valence-electron chi connectivity index (χ4n) is 1.23. The van der Waals surface area contributed by atoms with Crippen LogP contribution in [0.2, 0.25) is 0 Å². The molecule has 0 aliphatic carbocycles. The lowest BCUT2D eigenvalue weighted by molar-refractivity contribution is 1.10. The number of hydrogen-bond donors (Lipinski definition) is 1. The lowest BCUT2D eigenvalue weighted by Crippen LogP contribution is -1.77. The molecular weight excluding hydrogens is 230 g/mol. The Morgan fingerprint density at radius 2 is 2.31 bits per heavy atom. The fraction of sp³-hybridized carbons (Fsp3) is 0.111. The van der Waals surface area contributed by atoms with Crippen LogP contribution in [-0.4, -0.2) is 10.2 Å². The van der Waals surface area contributed by atoms with Crippen molar-refractivity contribution in [2.45, 2.75) is 6.92 Å². The van der Waals surface area contributed by atoms with E-state index in [1.165, 1.54) is 0 Å². The largest absolute Gasteiger partial charge is 0.276 e. The van der Waals surface area contributed by atoms with Gasteiger partial charge in [-0.25, -0.2) is 0 Å². The second-order valence-corrected chi connectivity index (χ2v) is 3.69. The molecule has 0 bridgehead atoms. The van der Waals surface area contributed by atoms with Gasteiger partial charge in [-0.1, -0.05) is 15.9 Å². The molecular formula is C9H6BrN3. The normalized spacial score (nSPS) is 10.2. The van der Waals surface area contributed by atoms with Crippen LogP contribution in [0.5, 0.6) is 0 Å². The molecule has 0 amide bonds. The summed E-state index contributed by atoms with van der Waals surface area (Å²) in [7, 11) is 0. The molecule has 1 aromatic carbocycles. The molecule has 1 aromatic heterocycles. The highest BCUT2D eigenvalue weighted by Crippen LogP contribution is 2.24. The molecule has 0 aliphatic rings. The first-order valence-electron chi connectivity index (χ1n) is 3.76. The molecule has 13 heavy (non-hydrogen) atoms. The van der Waals surface area contributed by atoms with E-state index < -0.39 is 0 Å². The van der Waals surface area contributed by atoms with E-state index in [0.717, 1.165) is 20.9 Å². The maximum Gasteiger partial charge on any atom is 0.170 e. The monoisotopic (exact) mass is 235 g/mol. The van der Waals surface area contributed by atoms with E-state index >= 15 is 0 Å². The van der Waals surface area contributed by atoms with Gasteiger partial charge in [0.2, 0.25) is 0 Å². The molecule has 64 valence electrons. The molecule has 3 nitrogen and oxygen atoms in total. The van der Waals surface area contributed by atoms with Gasteiger partial charge in [-0.05, 0) is 24.6 Å². The van der Waals surface area contributed by atoms with Crippen LogP contribution in [0.1, 0.15) is 11.3 Å². The molecule has 0 spiro atoms. The zero-order valence-corrected chi connectivity index (χ0v) is 8.51. The van der Waals surface area contributed by atoms with Gasteiger partial charge in [-0.2, -0.15) is 10.4 Å². The number of aromatic nitrogens is 2. The smallest absolute Gasteiger partial charge is 0.170 e. The maximum absolute atomic E-state index is 8.74. The van der Waals surface area contributed by atoms with E-state index in [9.17, 15) is 0 Å². The van der Waals surface area contributed by atoms with Crippen LogP contribution < -0.4 is 0 Å². The number of fused-ring (bicyclic) bond motifs is 1. The number of hydrogen-bond acceptors (Lipinski definition) is 2. The van der Waals surface area contributed by atoms with Gasteiger partial charge in [-0.15, -0.1) is 0 Å². The minimum atomic E-state index is 0.440. The van der Waals surface area contributed by atoms with E-state index in [0.29, 0.717) is 5.69 Å². The number of nitrogens with zero attached hydrogens (tertiary/aromatic N) is 2. The first kappa shape index (κ1) is 8.27. The van der Waals surface area contributed by atoms with Crippen molar-refractivity contribution in [1.82, 2.24) is 10.2 Å². The van der Waals surface area contributed by atoms with Crippen molar-refractivity contribution in [2.24, 2.45) is 0 Å². The van der Waals surface area contributed by atoms with E-state index in [1.54, 1.807) is 0 Å². The molecule has 0 radical (unpaired) electrons. The van der Waals surface area contributed by atoms with Crippen molar-refractivity contribution in [3.8, 4) is 6.07 Å². The average Bonchev–Trinajstić information content (AvgIpc) is 2.48. The van der Waals surface area contributed by atoms with Crippen LogP contribution in [0.15, 0.2) is 16.6 Å². The minimum Gasteiger partial charge on any atom is -0.276 e. The fourth-order valence-corrected chi connectivity index (χ4v) is 1.57. The molecule has 0 unspecified atom stereocenters. The van der Waals surface area contributed by atoms with Crippen LogP contribution in [0.4, 0.5) is 0 Å². The summed E-state index contributed by atoms with van der Waals surface area (Å²) in [6, 6.07) is 5.91. The highest BCUT2D eigenvalue weighted by molar-refractivity contribution is 9.10. The van der Waals surface area contributed by atoms with Crippen molar-refractivity contribution in [3.63, 3.8) is 0 Å². The summed E-state index contributed by atoms with van der Waals surface area (Å²) in [6.07, 6.45) is 0. The first-order chi connectivity index (χ1) is 6.22. The standard InChI is InChI=1S/C9H6BrN3/c1-5-2-8-6(3-7(5)10)9(4-11)13-12-8/h2-3H,1H3,(H,12,13). The molecule has 1 N–H and O–H groups in total. The Hall–Kier alpha value is -1.34. The molecule has 2 rings (SSSR count). The number of nitriles is 1. The quantitative estimate of drug-likeness (QED) is 0.763. The number of H-pyrrole nitrogens is 1. The first-order valence-corrected chi connectivity index (χ1v) is 4.56. The van der Waals surface area contributed by atoms with Gasteiger partial charge in [0.05, 0.1) is 5.52 Å². The highest BCUT2D eigenvalue weighted by Gasteiger charge is 2.06. The Kier molecular flexibility index (Phi) is 1.82. The molecule has 4 heteroatoms. The predicted molar refractivity (Wildman–Crippen MR) is 53.2 cm³/mol. The van der Waals surface area contributed by atoms with E-state index in [-0.39, 0.29) is 0 Å². The Morgan fingerprint density at radius 1 is 1.54 bits per heavy atom. The summed E-state index contributed by atoms with van der Waals surface area (Å²) in [5.74, 6) is 0. The summed E-state index contributed by atoms with van der Waals surface area (Å²) < 4.78 is 0.998. The zero-order valence-electron chi connectivity index (χ0n) is 6.93. The average molecular weight is 236 g/mol. The second kappa shape index (κ2) is 2.86. The van der Waals surface area contributed by atoms with E-state index in [4.69, 9.17) is 5.26 Å². The Labute approximate surface area is 83.5 Å². The van der Waals surface area contributed by atoms with Crippen molar-refractivity contribution < 1.29 is 0 Å². The number of rotatable bonds is 0. The molecule has 0 atom stereocenters. The third-order valence-electron chi connectivity index (χ3n) is 1.95. The van der Waals surface area contributed by atoms with Crippen LogP contribution in [-0.2, 0) is 0 Å². The van der Waals surface area contributed by atoms with Gasteiger partial charge in [0, 0.05) is 9.86 Å². The summed E-state index contributed by atoms with van der Waals surface area (Å²) >= 11 is 3.41. The third-order valence-corrected chi connectivity index (χ3v) is 2.80. The van der Waals surface area contributed by atoms with Crippen LogP contribution >= 0.6 is 15.9 Å². The topological polar surface area (TPSA) is 52.5 Å². The lowest BCUT2D eigenvalue weighted by atomic mass is 10.1. The number of aromatic amines is 1. The SMILES string of the molecule is Cc1cc2[nH]nc(C#N)c2cc1Br. The van der Waals surface area contributed by atoms with Gasteiger partial charge in [0.25, 0.3) is 0 Å². The van der Waals surface area contributed by atoms with Crippen molar-refractivity contribution in [1.29, 1.82) is 5.26 Å². The van der Waals surface area contributed by atoms with E-state index in [2.05, 4.69) is 26.1 Å². The number of halogens is 1. The van der Waals surface area contributed by atoms with Crippen molar-refractivity contribution in [3.05, 3.63) is 27.9 Å². The van der Waals surface area contributed by atoms with E-state index in [1.807, 2.05) is 25.1 Å². The number of nitrogens with one attached hydrogen (secondary N) is 1. The molecule has 0 saturated heterocycles. The van der Waals surface area contributed by atoms with Gasteiger partial charge in [-0.3, -0.25) is 5.10 Å². The van der Waals surface area contributed by atoms with Gasteiger partial charge in [0.1, 0.15) is 6.07 Å². The van der Waals surface area contributed by atoms with Crippen LogP contribution in [0.3, 0.4) is 0 Å². The number of aryl methyl sites for hydroxylation is 1. The summed E-state index contributed by atoms with van der Waals surface area (Å²) in [4.78, 5) is 0. The number of benzene rings is 1. The van der Waals surface area contributed by atoms with Gasteiger partial charge < -0.3 is 0 Å². The van der Waals surface area contributed by atoms with Gasteiger partial charge >= 0.3 is 0 Å². The molecule has 0 aliphatic heterocycles. The molecule has 1 heterocycles. The second-order valence-electron chi connectivity index (χ2n) is 2.83. The summed E-state index contributed by atoms with van der Waals surface area (Å²) in [6.45, 7) is 2.00. The molecule has 2 aromatic rings. The highest BCUT2D eigenvalue weighted by atomic mass is 79.9. The van der Waals surface area contributed by atoms with Crippen LogP contribution in [0.25, 0.3) is 10.9 Å². The maximum atomic E-state index is 8.74. The van der Waals surface area contributed by atoms with Crippen molar-refractivity contribution >= 4 is 26.8 Å². The Balaban J connectivity index is 2.86. The summed E-state index contributed by atoms with van der Waals surface area (Å²) in [5, 5.41) is 16.3. The predicted octanol–water partition coefficient (Wildman–Crippen LogP) is 2.51. The lowest BCUT2D eigenvalue weighted by Gasteiger charge is -1.96. The van der Waals surface area contributed by atoms with Crippen LogP contribution in [0, 0.1) is 18.3 Å². The zero-order chi connectivity index (χ0) is 9.42. The Bertz CT molecular complexity index is 507. The minimum absolute atomic E-state index is 0.440. The molecule has 0 fully saturated rings. The van der Waals surface area contributed by atoms with Gasteiger partial charge in [0.15, 0.2) is 5.69 Å². The Morgan fingerprint density at radius 3 is 3.00 bits per heavy atom.